The molecule has 0 fully saturated rings. The number of methoxy groups -OCH3 is 1. The standard InChI is InChI=1S/C16H18N3O.H2O4S/c1-3-19(15-8-6-14(18-17)7-9-15)12-13-4-10-16(20-2)11-5-13;1-5(2,3)4/h4-11H,3,12H2,1-2H3;(H2,1,2,3,4)/q+1;. The smallest absolute Gasteiger partial charge is 0.394 e. The summed E-state index contributed by atoms with van der Waals surface area (Å²) in [5.74, 6) is 0.866. The summed E-state index contributed by atoms with van der Waals surface area (Å²) in [5.41, 5.74) is 2.90. The van der Waals surface area contributed by atoms with E-state index in [1.807, 2.05) is 24.3 Å². The van der Waals surface area contributed by atoms with Gasteiger partial charge in [-0.25, -0.2) is 0 Å². The molecule has 2 rings (SSSR count). The van der Waals surface area contributed by atoms with Crippen LogP contribution < -0.4 is 9.64 Å². The Balaban J connectivity index is 0.000000550. The number of nitrogens with zero attached hydrogens (tertiary/aromatic N) is 3. The molecule has 0 spiro atoms. The Hall–Kier alpha value is -2.67. The van der Waals surface area contributed by atoms with E-state index in [1.165, 1.54) is 5.56 Å². The molecular weight excluding hydrogens is 346 g/mol. The van der Waals surface area contributed by atoms with Crippen LogP contribution in [-0.2, 0) is 16.9 Å². The van der Waals surface area contributed by atoms with Gasteiger partial charge in [-0.15, -0.1) is 0 Å². The number of diazo groups is 1. The van der Waals surface area contributed by atoms with Gasteiger partial charge in [0.05, 0.1) is 7.11 Å². The fraction of sp³-hybridized carbons (Fsp3) is 0.250. The van der Waals surface area contributed by atoms with E-state index in [-0.39, 0.29) is 0 Å². The molecule has 2 N–H and O–H groups in total. The fourth-order valence-electron chi connectivity index (χ4n) is 2.07. The molecule has 8 nitrogen and oxygen atoms in total. The van der Waals surface area contributed by atoms with Gasteiger partial charge in [-0.05, 0) is 36.8 Å². The first kappa shape index (κ1) is 20.4. The first-order valence-corrected chi connectivity index (χ1v) is 8.69. The van der Waals surface area contributed by atoms with Gasteiger partial charge in [0.25, 0.3) is 0 Å². The molecule has 0 heterocycles. The number of benzene rings is 2. The van der Waals surface area contributed by atoms with Crippen molar-refractivity contribution in [2.24, 2.45) is 0 Å². The van der Waals surface area contributed by atoms with E-state index in [1.54, 1.807) is 19.2 Å². The van der Waals surface area contributed by atoms with Gasteiger partial charge >= 0.3 is 16.1 Å². The highest BCUT2D eigenvalue weighted by molar-refractivity contribution is 7.79. The molecule has 0 bridgehead atoms. The van der Waals surface area contributed by atoms with Crippen molar-refractivity contribution in [3.8, 4) is 5.75 Å². The highest BCUT2D eigenvalue weighted by Gasteiger charge is 2.08. The van der Waals surface area contributed by atoms with Crippen molar-refractivity contribution in [3.63, 3.8) is 0 Å². The van der Waals surface area contributed by atoms with Gasteiger partial charge in [0, 0.05) is 30.9 Å². The van der Waals surface area contributed by atoms with Crippen LogP contribution >= 0.6 is 0 Å². The molecule has 0 unspecified atom stereocenters. The molecule has 0 radical (unpaired) electrons. The molecule has 0 saturated heterocycles. The minimum atomic E-state index is -4.67. The van der Waals surface area contributed by atoms with Crippen LogP contribution in [0, 0.1) is 5.39 Å². The topological polar surface area (TPSA) is 115 Å². The predicted molar refractivity (Wildman–Crippen MR) is 95.1 cm³/mol. The lowest BCUT2D eigenvalue weighted by atomic mass is 10.2. The summed E-state index contributed by atoms with van der Waals surface area (Å²) >= 11 is 0. The van der Waals surface area contributed by atoms with E-state index in [0.717, 1.165) is 24.5 Å². The van der Waals surface area contributed by atoms with Gasteiger partial charge in [0.15, 0.2) is 4.98 Å². The Bertz CT molecular complexity index is 791. The lowest BCUT2D eigenvalue weighted by Gasteiger charge is -2.23. The molecule has 25 heavy (non-hydrogen) atoms. The van der Waals surface area contributed by atoms with Gasteiger partial charge in [0.2, 0.25) is 5.39 Å². The molecule has 0 aliphatic carbocycles. The van der Waals surface area contributed by atoms with E-state index >= 15 is 0 Å². The summed E-state index contributed by atoms with van der Waals surface area (Å²) in [5, 5.41) is 8.71. The average molecular weight is 366 g/mol. The maximum absolute atomic E-state index is 8.74. The highest BCUT2D eigenvalue weighted by Crippen LogP contribution is 2.22. The number of ether oxygens (including phenoxy) is 1. The Morgan fingerprint density at radius 2 is 1.60 bits per heavy atom. The molecule has 2 aromatic rings. The number of anilines is 1. The minimum Gasteiger partial charge on any atom is -0.497 e. The minimum absolute atomic E-state index is 0.564. The van der Waals surface area contributed by atoms with Crippen LogP contribution in [0.15, 0.2) is 48.5 Å². The molecule has 0 aliphatic heterocycles. The number of hydrogen-bond donors (Lipinski definition) is 2. The van der Waals surface area contributed by atoms with Crippen LogP contribution in [0.3, 0.4) is 0 Å². The van der Waals surface area contributed by atoms with Crippen molar-refractivity contribution in [1.29, 1.82) is 5.39 Å². The van der Waals surface area contributed by atoms with Gasteiger partial charge < -0.3 is 9.64 Å². The molecule has 0 saturated carbocycles. The van der Waals surface area contributed by atoms with Crippen molar-refractivity contribution < 1.29 is 22.3 Å². The van der Waals surface area contributed by atoms with Gasteiger partial charge in [-0.3, -0.25) is 9.11 Å². The van der Waals surface area contributed by atoms with E-state index in [9.17, 15) is 0 Å². The third-order valence-corrected chi connectivity index (χ3v) is 3.24. The van der Waals surface area contributed by atoms with E-state index in [2.05, 4.69) is 28.9 Å². The molecule has 0 aromatic heterocycles. The first-order chi connectivity index (χ1) is 11.8. The maximum Gasteiger partial charge on any atom is 0.394 e. The molecule has 0 aliphatic rings. The third-order valence-electron chi connectivity index (χ3n) is 3.24. The van der Waals surface area contributed by atoms with Crippen LogP contribution in [0.25, 0.3) is 4.98 Å². The largest absolute Gasteiger partial charge is 0.497 e. The van der Waals surface area contributed by atoms with Crippen molar-refractivity contribution in [2.45, 2.75) is 13.5 Å². The zero-order valence-corrected chi connectivity index (χ0v) is 14.7. The molecular formula is C16H20N3O5S+. The Kier molecular flexibility index (Phi) is 7.81. The van der Waals surface area contributed by atoms with Crippen LogP contribution in [0.5, 0.6) is 5.75 Å². The van der Waals surface area contributed by atoms with Gasteiger partial charge in [0.1, 0.15) is 5.75 Å². The van der Waals surface area contributed by atoms with Gasteiger partial charge in [-0.1, -0.05) is 12.1 Å². The molecule has 2 aromatic carbocycles. The Labute approximate surface area is 146 Å². The average Bonchev–Trinajstić information content (AvgIpc) is 2.59. The molecule has 9 heteroatoms. The van der Waals surface area contributed by atoms with Crippen LogP contribution in [-0.4, -0.2) is 31.2 Å². The Morgan fingerprint density at radius 3 is 2.00 bits per heavy atom. The number of hydrogen-bond acceptors (Lipinski definition) is 5. The monoisotopic (exact) mass is 366 g/mol. The summed E-state index contributed by atoms with van der Waals surface area (Å²) in [6.07, 6.45) is 0. The lowest BCUT2D eigenvalue weighted by molar-refractivity contribution is 0.381. The zero-order valence-electron chi connectivity index (χ0n) is 13.9. The highest BCUT2D eigenvalue weighted by atomic mass is 32.3. The summed E-state index contributed by atoms with van der Waals surface area (Å²) < 4.78 is 36.7. The summed E-state index contributed by atoms with van der Waals surface area (Å²) in [6.45, 7) is 3.85. The van der Waals surface area contributed by atoms with Gasteiger partial charge in [-0.2, -0.15) is 8.42 Å². The van der Waals surface area contributed by atoms with Crippen LogP contribution in [0.2, 0.25) is 0 Å². The fourth-order valence-corrected chi connectivity index (χ4v) is 2.07. The summed E-state index contributed by atoms with van der Waals surface area (Å²) in [7, 11) is -3.00. The Morgan fingerprint density at radius 1 is 1.08 bits per heavy atom. The second kappa shape index (κ2) is 9.58. The van der Waals surface area contributed by atoms with Crippen molar-refractivity contribution in [2.75, 3.05) is 18.6 Å². The second-order valence-corrected chi connectivity index (χ2v) is 5.82. The summed E-state index contributed by atoms with van der Waals surface area (Å²) in [6, 6.07) is 15.6. The predicted octanol–water partition coefficient (Wildman–Crippen LogP) is 3.55. The van der Waals surface area contributed by atoms with E-state index in [0.29, 0.717) is 5.69 Å². The number of rotatable bonds is 5. The van der Waals surface area contributed by atoms with Crippen LogP contribution in [0.1, 0.15) is 12.5 Å². The second-order valence-electron chi connectivity index (χ2n) is 4.93. The van der Waals surface area contributed by atoms with Crippen molar-refractivity contribution in [3.05, 3.63) is 59.1 Å². The van der Waals surface area contributed by atoms with Crippen molar-refractivity contribution in [1.82, 2.24) is 0 Å². The third kappa shape index (κ3) is 8.12. The lowest BCUT2D eigenvalue weighted by Crippen LogP contribution is -2.21. The summed E-state index contributed by atoms with van der Waals surface area (Å²) in [4.78, 5) is 5.42. The molecule has 0 amide bonds. The zero-order chi connectivity index (χ0) is 18.9. The van der Waals surface area contributed by atoms with E-state index in [4.69, 9.17) is 27.7 Å². The van der Waals surface area contributed by atoms with E-state index < -0.39 is 10.4 Å². The molecule has 0 atom stereocenters. The normalized spacial score (nSPS) is 10.2. The van der Waals surface area contributed by atoms with Crippen molar-refractivity contribution >= 4 is 21.8 Å². The maximum atomic E-state index is 8.74. The quantitative estimate of drug-likeness (QED) is 0.614. The first-order valence-electron chi connectivity index (χ1n) is 7.29. The molecule has 134 valence electrons. The SMILES string of the molecule is CCN(Cc1ccc(OC)cc1)c1ccc([N+]#N)cc1.O=S(=O)(O)O. The van der Waals surface area contributed by atoms with Crippen LogP contribution in [0.4, 0.5) is 11.4 Å².